The Kier molecular flexibility index (Phi) is 3.92. The van der Waals surface area contributed by atoms with E-state index in [9.17, 15) is 9.90 Å². The van der Waals surface area contributed by atoms with Crippen molar-refractivity contribution in [3.63, 3.8) is 0 Å². The van der Waals surface area contributed by atoms with E-state index in [1.54, 1.807) is 12.1 Å². The molecule has 2 aromatic rings. The van der Waals surface area contributed by atoms with Crippen LogP contribution in [0.25, 0.3) is 0 Å². The maximum Gasteiger partial charge on any atom is 0.315 e. The minimum absolute atomic E-state index is 0.0934. The van der Waals surface area contributed by atoms with Gasteiger partial charge < -0.3 is 20.2 Å². The van der Waals surface area contributed by atoms with Gasteiger partial charge in [-0.15, -0.1) is 0 Å². The number of aromatic amines is 1. The van der Waals surface area contributed by atoms with Crippen LogP contribution in [0, 0.1) is 0 Å². The first-order valence-electron chi connectivity index (χ1n) is 6.99. The fraction of sp³-hybridized carbons (Fsp3) is 0.429. The van der Waals surface area contributed by atoms with Crippen molar-refractivity contribution < 1.29 is 14.3 Å². The number of urea groups is 1. The van der Waals surface area contributed by atoms with Crippen LogP contribution >= 0.6 is 0 Å². The van der Waals surface area contributed by atoms with Crippen molar-refractivity contribution in [2.24, 2.45) is 0 Å². The van der Waals surface area contributed by atoms with Crippen LogP contribution in [0.5, 0.6) is 0 Å². The number of aryl methyl sites for hydroxylation is 1. The number of H-pyrrole nitrogens is 1. The molecule has 0 fully saturated rings. The summed E-state index contributed by atoms with van der Waals surface area (Å²) < 4.78 is 5.08. The zero-order valence-electron chi connectivity index (χ0n) is 11.5. The van der Waals surface area contributed by atoms with Gasteiger partial charge >= 0.3 is 6.03 Å². The van der Waals surface area contributed by atoms with Gasteiger partial charge in [-0.25, -0.2) is 4.79 Å². The molecular formula is C14H18N4O3. The summed E-state index contributed by atoms with van der Waals surface area (Å²) in [7, 11) is 0. The van der Waals surface area contributed by atoms with Gasteiger partial charge in [-0.1, -0.05) is 0 Å². The molecule has 1 aliphatic rings. The topological polar surface area (TPSA) is 103 Å². The van der Waals surface area contributed by atoms with Gasteiger partial charge in [0, 0.05) is 11.7 Å². The summed E-state index contributed by atoms with van der Waals surface area (Å²) >= 11 is 0. The van der Waals surface area contributed by atoms with Crippen molar-refractivity contribution in [2.45, 2.75) is 31.4 Å². The van der Waals surface area contributed by atoms with E-state index in [1.165, 1.54) is 6.26 Å². The summed E-state index contributed by atoms with van der Waals surface area (Å²) in [5, 5.41) is 22.4. The highest BCUT2D eigenvalue weighted by Gasteiger charge is 2.21. The number of fused-ring (bicyclic) bond motifs is 1. The largest absolute Gasteiger partial charge is 0.467 e. The average molecular weight is 290 g/mol. The van der Waals surface area contributed by atoms with Gasteiger partial charge in [-0.05, 0) is 37.0 Å². The Bertz CT molecular complexity index is 593. The third kappa shape index (κ3) is 3.25. The Morgan fingerprint density at radius 2 is 2.52 bits per heavy atom. The van der Waals surface area contributed by atoms with Crippen molar-refractivity contribution in [1.29, 1.82) is 0 Å². The molecule has 21 heavy (non-hydrogen) atoms. The number of aliphatic hydroxyl groups excluding tert-OH is 1. The minimum atomic E-state index is -0.836. The Morgan fingerprint density at radius 1 is 1.62 bits per heavy atom. The highest BCUT2D eigenvalue weighted by molar-refractivity contribution is 5.74. The monoisotopic (exact) mass is 290 g/mol. The zero-order valence-corrected chi connectivity index (χ0v) is 11.5. The van der Waals surface area contributed by atoms with Crippen molar-refractivity contribution in [3.05, 3.63) is 41.6 Å². The Hall–Kier alpha value is -2.28. The summed E-state index contributed by atoms with van der Waals surface area (Å²) in [6, 6.07) is 3.18. The van der Waals surface area contributed by atoms with Crippen molar-refractivity contribution in [3.8, 4) is 0 Å². The van der Waals surface area contributed by atoms with Gasteiger partial charge in [-0.3, -0.25) is 5.10 Å². The van der Waals surface area contributed by atoms with Crippen LogP contribution < -0.4 is 10.6 Å². The standard InChI is InChI=1S/C14H18N4O3/c19-12(13-2-1-5-21-13)8-15-14(20)17-10-3-4-11-9(6-10)7-16-18-11/h1-2,5,7,10,12,19H,3-4,6,8H2,(H,16,18)(H2,15,17,20). The fourth-order valence-electron chi connectivity index (χ4n) is 2.55. The van der Waals surface area contributed by atoms with Crippen LogP contribution in [0.4, 0.5) is 4.79 Å². The summed E-state index contributed by atoms with van der Waals surface area (Å²) in [5.74, 6) is 0.441. The van der Waals surface area contributed by atoms with E-state index in [0.29, 0.717) is 5.76 Å². The van der Waals surface area contributed by atoms with Gasteiger partial charge in [0.1, 0.15) is 11.9 Å². The van der Waals surface area contributed by atoms with Crippen molar-refractivity contribution >= 4 is 6.03 Å². The lowest BCUT2D eigenvalue weighted by atomic mass is 9.94. The molecule has 7 nitrogen and oxygen atoms in total. The van der Waals surface area contributed by atoms with E-state index in [1.807, 2.05) is 6.20 Å². The molecule has 7 heteroatoms. The van der Waals surface area contributed by atoms with Crippen LogP contribution in [0.2, 0.25) is 0 Å². The highest BCUT2D eigenvalue weighted by atomic mass is 16.4. The summed E-state index contributed by atoms with van der Waals surface area (Å²) in [5.41, 5.74) is 2.31. The summed E-state index contributed by atoms with van der Waals surface area (Å²) in [4.78, 5) is 11.8. The number of furan rings is 1. The Labute approximate surface area is 121 Å². The smallest absolute Gasteiger partial charge is 0.315 e. The lowest BCUT2D eigenvalue weighted by Crippen LogP contribution is -2.45. The lowest BCUT2D eigenvalue weighted by Gasteiger charge is -2.23. The SMILES string of the molecule is O=C(NCC(O)c1ccco1)NC1CCc2[nH]ncc2C1. The van der Waals surface area contributed by atoms with Gasteiger partial charge in [0.05, 0.1) is 19.0 Å². The van der Waals surface area contributed by atoms with Crippen LogP contribution in [-0.4, -0.2) is 33.9 Å². The van der Waals surface area contributed by atoms with Crippen LogP contribution in [0.1, 0.15) is 29.5 Å². The molecule has 0 bridgehead atoms. The number of aliphatic hydroxyl groups is 1. The van der Waals surface area contributed by atoms with Crippen LogP contribution in [0.15, 0.2) is 29.0 Å². The third-order valence-electron chi connectivity index (χ3n) is 3.68. The summed E-state index contributed by atoms with van der Waals surface area (Å²) in [6.45, 7) is 0.114. The summed E-state index contributed by atoms with van der Waals surface area (Å²) in [6.07, 6.45) is 5.00. The van der Waals surface area contributed by atoms with Gasteiger partial charge in [0.15, 0.2) is 0 Å². The molecular weight excluding hydrogens is 272 g/mol. The molecule has 3 rings (SSSR count). The van der Waals surface area contributed by atoms with E-state index in [-0.39, 0.29) is 18.6 Å². The maximum atomic E-state index is 11.8. The molecule has 2 amide bonds. The molecule has 112 valence electrons. The zero-order chi connectivity index (χ0) is 14.7. The Balaban J connectivity index is 1.45. The first-order valence-corrected chi connectivity index (χ1v) is 6.99. The lowest BCUT2D eigenvalue weighted by molar-refractivity contribution is 0.147. The molecule has 2 atom stereocenters. The number of hydrogen-bond acceptors (Lipinski definition) is 4. The second-order valence-corrected chi connectivity index (χ2v) is 5.20. The van der Waals surface area contributed by atoms with E-state index >= 15 is 0 Å². The quantitative estimate of drug-likeness (QED) is 0.671. The molecule has 0 spiro atoms. The fourth-order valence-corrected chi connectivity index (χ4v) is 2.55. The molecule has 1 aliphatic carbocycles. The number of hydrogen-bond donors (Lipinski definition) is 4. The molecule has 0 saturated heterocycles. The molecule has 0 aliphatic heterocycles. The van der Waals surface area contributed by atoms with E-state index in [2.05, 4.69) is 20.8 Å². The number of nitrogens with zero attached hydrogens (tertiary/aromatic N) is 1. The number of amides is 2. The average Bonchev–Trinajstić information content (AvgIpc) is 3.15. The first kappa shape index (κ1) is 13.7. The van der Waals surface area contributed by atoms with Crippen LogP contribution in [0.3, 0.4) is 0 Å². The highest BCUT2D eigenvalue weighted by Crippen LogP contribution is 2.18. The third-order valence-corrected chi connectivity index (χ3v) is 3.68. The first-order chi connectivity index (χ1) is 10.2. The van der Waals surface area contributed by atoms with E-state index < -0.39 is 6.10 Å². The number of rotatable bonds is 4. The number of nitrogens with one attached hydrogen (secondary N) is 3. The van der Waals surface area contributed by atoms with Gasteiger partial charge in [0.25, 0.3) is 0 Å². The van der Waals surface area contributed by atoms with Crippen molar-refractivity contribution in [1.82, 2.24) is 20.8 Å². The number of aromatic nitrogens is 2. The molecule has 4 N–H and O–H groups in total. The predicted molar refractivity (Wildman–Crippen MR) is 74.6 cm³/mol. The van der Waals surface area contributed by atoms with E-state index in [4.69, 9.17) is 4.42 Å². The second kappa shape index (κ2) is 6.01. The molecule has 2 aromatic heterocycles. The minimum Gasteiger partial charge on any atom is -0.467 e. The number of carbonyl (C=O) groups is 1. The van der Waals surface area contributed by atoms with Crippen molar-refractivity contribution in [2.75, 3.05) is 6.54 Å². The van der Waals surface area contributed by atoms with Crippen LogP contribution in [-0.2, 0) is 12.8 Å². The van der Waals surface area contributed by atoms with Gasteiger partial charge in [0.2, 0.25) is 0 Å². The predicted octanol–water partition coefficient (Wildman–Crippen LogP) is 0.893. The molecule has 0 saturated carbocycles. The molecule has 2 unspecified atom stereocenters. The second-order valence-electron chi connectivity index (χ2n) is 5.20. The number of carbonyl (C=O) groups excluding carboxylic acids is 1. The molecule has 0 aromatic carbocycles. The normalized spacial score (nSPS) is 18.8. The molecule has 2 heterocycles. The molecule has 0 radical (unpaired) electrons. The van der Waals surface area contributed by atoms with E-state index in [0.717, 1.165) is 30.5 Å². The van der Waals surface area contributed by atoms with Gasteiger partial charge in [-0.2, -0.15) is 5.10 Å². The Morgan fingerprint density at radius 3 is 3.33 bits per heavy atom. The maximum absolute atomic E-state index is 11.8.